The van der Waals surface area contributed by atoms with Crippen LogP contribution in [0.5, 0.6) is 0 Å². The first-order valence-electron chi connectivity index (χ1n) is 9.75. The molecule has 3 heteroatoms. The Morgan fingerprint density at radius 1 is 0.962 bits per heavy atom. The topological polar surface area (TPSA) is 24.8 Å². The standard InChI is InChI=1S/C23H30N2O/c1-17(2)21-6-8-22(9-7-21)19(4)24-11-13-25(14-12-24)23-10-5-20(16-26)15-18(23)3/h5-10,15-17,19H,11-14H2,1-4H3/p+1/t19-/m0/s1. The summed E-state index contributed by atoms with van der Waals surface area (Å²) in [7, 11) is 0. The summed E-state index contributed by atoms with van der Waals surface area (Å²) in [6.45, 7) is 13.3. The minimum absolute atomic E-state index is 0.525. The molecule has 138 valence electrons. The second-order valence-electron chi connectivity index (χ2n) is 7.85. The second kappa shape index (κ2) is 8.05. The van der Waals surface area contributed by atoms with E-state index < -0.39 is 0 Å². The number of benzene rings is 2. The summed E-state index contributed by atoms with van der Waals surface area (Å²) < 4.78 is 0. The van der Waals surface area contributed by atoms with Crippen LogP contribution in [0.25, 0.3) is 0 Å². The molecular weight excluding hydrogens is 320 g/mol. The van der Waals surface area contributed by atoms with Crippen LogP contribution in [-0.4, -0.2) is 32.5 Å². The SMILES string of the molecule is Cc1cc(C=O)ccc1N1CC[NH+]([C@@H](C)c2ccc(C(C)C)cc2)CC1. The molecule has 3 nitrogen and oxygen atoms in total. The molecule has 0 saturated carbocycles. The smallest absolute Gasteiger partial charge is 0.150 e. The first kappa shape index (κ1) is 18.7. The molecule has 0 aromatic heterocycles. The normalized spacial score (nSPS) is 16.7. The van der Waals surface area contributed by atoms with Crippen molar-refractivity contribution < 1.29 is 9.69 Å². The van der Waals surface area contributed by atoms with Gasteiger partial charge in [-0.15, -0.1) is 0 Å². The Balaban J connectivity index is 1.63. The summed E-state index contributed by atoms with van der Waals surface area (Å²) >= 11 is 0. The molecule has 1 saturated heterocycles. The number of aryl methyl sites for hydroxylation is 1. The van der Waals surface area contributed by atoms with Crippen molar-refractivity contribution in [2.24, 2.45) is 0 Å². The van der Waals surface area contributed by atoms with E-state index in [0.717, 1.165) is 38.0 Å². The number of rotatable bonds is 5. The van der Waals surface area contributed by atoms with E-state index in [4.69, 9.17) is 0 Å². The van der Waals surface area contributed by atoms with Gasteiger partial charge < -0.3 is 9.80 Å². The first-order valence-corrected chi connectivity index (χ1v) is 9.75. The zero-order valence-electron chi connectivity index (χ0n) is 16.5. The molecule has 1 aliphatic rings. The molecule has 2 aromatic carbocycles. The van der Waals surface area contributed by atoms with Crippen LogP contribution in [0.3, 0.4) is 0 Å². The van der Waals surface area contributed by atoms with Crippen molar-refractivity contribution in [3.63, 3.8) is 0 Å². The third kappa shape index (κ3) is 3.99. The van der Waals surface area contributed by atoms with E-state index in [9.17, 15) is 4.79 Å². The highest BCUT2D eigenvalue weighted by Crippen LogP contribution is 2.21. The minimum atomic E-state index is 0.525. The Morgan fingerprint density at radius 2 is 1.58 bits per heavy atom. The van der Waals surface area contributed by atoms with Crippen molar-refractivity contribution in [3.05, 3.63) is 64.7 Å². The van der Waals surface area contributed by atoms with Crippen LogP contribution >= 0.6 is 0 Å². The number of hydrogen-bond donors (Lipinski definition) is 1. The molecule has 0 aliphatic carbocycles. The molecule has 3 rings (SSSR count). The minimum Gasteiger partial charge on any atom is -0.360 e. The summed E-state index contributed by atoms with van der Waals surface area (Å²) in [6.07, 6.45) is 0.922. The van der Waals surface area contributed by atoms with Gasteiger partial charge in [0.15, 0.2) is 0 Å². The van der Waals surface area contributed by atoms with Crippen LogP contribution < -0.4 is 9.80 Å². The fraction of sp³-hybridized carbons (Fsp3) is 0.435. The molecule has 1 atom stereocenters. The fourth-order valence-electron chi connectivity index (χ4n) is 3.98. The van der Waals surface area contributed by atoms with Crippen LogP contribution in [0.1, 0.15) is 59.8 Å². The van der Waals surface area contributed by atoms with Crippen LogP contribution in [-0.2, 0) is 0 Å². The maximum absolute atomic E-state index is 10.9. The van der Waals surface area contributed by atoms with Crippen LogP contribution in [0, 0.1) is 6.92 Å². The third-order valence-electron chi connectivity index (χ3n) is 5.82. The molecule has 0 amide bonds. The van der Waals surface area contributed by atoms with Crippen molar-refractivity contribution >= 4 is 12.0 Å². The van der Waals surface area contributed by atoms with Crippen LogP contribution in [0.4, 0.5) is 5.69 Å². The van der Waals surface area contributed by atoms with Crippen molar-refractivity contribution in [2.75, 3.05) is 31.1 Å². The number of carbonyl (C=O) groups is 1. The van der Waals surface area contributed by atoms with Gasteiger partial charge in [-0.2, -0.15) is 0 Å². The highest BCUT2D eigenvalue weighted by molar-refractivity contribution is 5.77. The van der Waals surface area contributed by atoms with Crippen molar-refractivity contribution in [2.45, 2.75) is 39.7 Å². The Kier molecular flexibility index (Phi) is 5.77. The monoisotopic (exact) mass is 351 g/mol. The maximum Gasteiger partial charge on any atom is 0.150 e. The van der Waals surface area contributed by atoms with Gasteiger partial charge in [0, 0.05) is 16.8 Å². The molecular formula is C23H31N2O+. The van der Waals surface area contributed by atoms with E-state index in [1.54, 1.807) is 4.90 Å². The first-order chi connectivity index (χ1) is 12.5. The lowest BCUT2D eigenvalue weighted by atomic mass is 9.98. The lowest BCUT2D eigenvalue weighted by molar-refractivity contribution is -0.930. The number of piperazine rings is 1. The van der Waals surface area contributed by atoms with Crippen molar-refractivity contribution in [3.8, 4) is 0 Å². The zero-order chi connectivity index (χ0) is 18.7. The highest BCUT2D eigenvalue weighted by atomic mass is 16.1. The number of nitrogens with one attached hydrogen (secondary N) is 1. The summed E-state index contributed by atoms with van der Waals surface area (Å²) in [5.41, 5.74) is 6.06. The predicted molar refractivity (Wildman–Crippen MR) is 108 cm³/mol. The van der Waals surface area contributed by atoms with Gasteiger partial charge in [0.25, 0.3) is 0 Å². The third-order valence-corrected chi connectivity index (χ3v) is 5.82. The van der Waals surface area contributed by atoms with Gasteiger partial charge in [0.05, 0.1) is 26.2 Å². The molecule has 0 radical (unpaired) electrons. The van der Waals surface area contributed by atoms with Gasteiger partial charge in [0.2, 0.25) is 0 Å². The van der Waals surface area contributed by atoms with Crippen molar-refractivity contribution in [1.82, 2.24) is 0 Å². The summed E-state index contributed by atoms with van der Waals surface area (Å²) in [5.74, 6) is 0.587. The Labute approximate surface area is 157 Å². The molecule has 0 unspecified atom stereocenters. The van der Waals surface area contributed by atoms with E-state index in [1.807, 2.05) is 12.1 Å². The van der Waals surface area contributed by atoms with Gasteiger partial charge in [-0.05, 0) is 49.1 Å². The van der Waals surface area contributed by atoms with Crippen molar-refractivity contribution in [1.29, 1.82) is 0 Å². The van der Waals surface area contributed by atoms with E-state index in [0.29, 0.717) is 12.0 Å². The summed E-state index contributed by atoms with van der Waals surface area (Å²) in [4.78, 5) is 15.1. The lowest BCUT2D eigenvalue weighted by Crippen LogP contribution is -3.14. The number of quaternary nitrogens is 1. The van der Waals surface area contributed by atoms with E-state index in [1.165, 1.54) is 22.4 Å². The van der Waals surface area contributed by atoms with Crippen LogP contribution in [0.2, 0.25) is 0 Å². The number of hydrogen-bond acceptors (Lipinski definition) is 2. The molecule has 0 bridgehead atoms. The highest BCUT2D eigenvalue weighted by Gasteiger charge is 2.26. The van der Waals surface area contributed by atoms with Gasteiger partial charge in [-0.3, -0.25) is 4.79 Å². The molecule has 1 aliphatic heterocycles. The average Bonchev–Trinajstić information content (AvgIpc) is 2.67. The Bertz CT molecular complexity index is 743. The molecule has 1 N–H and O–H groups in total. The predicted octanol–water partition coefficient (Wildman–Crippen LogP) is 3.40. The summed E-state index contributed by atoms with van der Waals surface area (Å²) in [6, 6.07) is 15.7. The average molecular weight is 352 g/mol. The van der Waals surface area contributed by atoms with Gasteiger partial charge in [-0.25, -0.2) is 0 Å². The van der Waals surface area contributed by atoms with E-state index in [-0.39, 0.29) is 0 Å². The van der Waals surface area contributed by atoms with Gasteiger partial charge in [0.1, 0.15) is 12.3 Å². The molecule has 2 aromatic rings. The number of aldehydes is 1. The molecule has 1 heterocycles. The zero-order valence-corrected chi connectivity index (χ0v) is 16.5. The number of anilines is 1. The number of nitrogens with zero attached hydrogens (tertiary/aromatic N) is 1. The maximum atomic E-state index is 10.9. The molecule has 26 heavy (non-hydrogen) atoms. The van der Waals surface area contributed by atoms with Crippen LogP contribution in [0.15, 0.2) is 42.5 Å². The second-order valence-corrected chi connectivity index (χ2v) is 7.85. The largest absolute Gasteiger partial charge is 0.360 e. The quantitative estimate of drug-likeness (QED) is 0.835. The van der Waals surface area contributed by atoms with Gasteiger partial charge >= 0.3 is 0 Å². The number of carbonyl (C=O) groups excluding carboxylic acids is 1. The lowest BCUT2D eigenvalue weighted by Gasteiger charge is -2.37. The Hall–Kier alpha value is -2.13. The van der Waals surface area contributed by atoms with E-state index in [2.05, 4.69) is 62.9 Å². The molecule has 1 fully saturated rings. The summed E-state index contributed by atoms with van der Waals surface area (Å²) in [5, 5.41) is 0. The fourth-order valence-corrected chi connectivity index (χ4v) is 3.98. The van der Waals surface area contributed by atoms with Gasteiger partial charge in [-0.1, -0.05) is 38.1 Å². The Morgan fingerprint density at radius 3 is 2.12 bits per heavy atom. The van der Waals surface area contributed by atoms with E-state index >= 15 is 0 Å². The molecule has 0 spiro atoms.